The number of amides is 1. The number of carbonyl (C=O) groups is 2. The Bertz CT molecular complexity index is 490. The molecule has 1 amide bonds. The number of nitrogens with zero attached hydrogens (tertiary/aromatic N) is 1. The van der Waals surface area contributed by atoms with E-state index < -0.39 is 11.8 Å². The summed E-state index contributed by atoms with van der Waals surface area (Å²) in [6, 6.07) is 3.14. The van der Waals surface area contributed by atoms with Gasteiger partial charge in [-0.3, -0.25) is 4.79 Å². The minimum absolute atomic E-state index is 0.0768. The van der Waals surface area contributed by atoms with E-state index in [0.29, 0.717) is 0 Å². The Morgan fingerprint density at radius 3 is 2.71 bits per heavy atom. The molecule has 6 heteroatoms. The zero-order chi connectivity index (χ0) is 12.6. The maximum Gasteiger partial charge on any atom is 0.335 e. The molecule has 90 valence electrons. The van der Waals surface area contributed by atoms with Gasteiger partial charge in [0.25, 0.3) is 0 Å². The summed E-state index contributed by atoms with van der Waals surface area (Å²) in [7, 11) is 0. The van der Waals surface area contributed by atoms with Crippen LogP contribution in [0.4, 0.5) is 10.1 Å². The van der Waals surface area contributed by atoms with Crippen LogP contribution in [-0.4, -0.2) is 29.6 Å². The van der Waals surface area contributed by atoms with Gasteiger partial charge in [-0.05, 0) is 18.2 Å². The lowest BCUT2D eigenvalue weighted by Crippen LogP contribution is -2.28. The molecule has 1 fully saturated rings. The second-order valence-corrected chi connectivity index (χ2v) is 3.94. The molecule has 1 aliphatic heterocycles. The fourth-order valence-electron chi connectivity index (χ4n) is 1.83. The third-order valence-electron chi connectivity index (χ3n) is 2.64. The topological polar surface area (TPSA) is 83.6 Å². The Kier molecular flexibility index (Phi) is 2.81. The molecule has 1 saturated heterocycles. The summed E-state index contributed by atoms with van der Waals surface area (Å²) in [6.07, 6.45) is 0.181. The van der Waals surface area contributed by atoms with Gasteiger partial charge in [0.15, 0.2) is 0 Å². The highest BCUT2D eigenvalue weighted by atomic mass is 19.1. The molecule has 0 bridgehead atoms. The lowest BCUT2D eigenvalue weighted by atomic mass is 10.2. The third kappa shape index (κ3) is 2.12. The standard InChI is InChI=1S/C11H11FN2O3/c12-8-3-6(11(16)17)1-2-9(8)14-5-7(13)4-10(14)15/h1-3,7H,4-5,13H2,(H,16,17). The van der Waals surface area contributed by atoms with Crippen molar-refractivity contribution in [1.29, 1.82) is 0 Å². The summed E-state index contributed by atoms with van der Waals surface area (Å²) in [6.45, 7) is 0.252. The molecular weight excluding hydrogens is 227 g/mol. The summed E-state index contributed by atoms with van der Waals surface area (Å²) < 4.78 is 13.7. The largest absolute Gasteiger partial charge is 0.478 e. The van der Waals surface area contributed by atoms with Crippen molar-refractivity contribution >= 4 is 17.6 Å². The highest BCUT2D eigenvalue weighted by Gasteiger charge is 2.29. The molecule has 2 rings (SSSR count). The first-order valence-corrected chi connectivity index (χ1v) is 5.08. The number of nitrogens with two attached hydrogens (primary N) is 1. The average molecular weight is 238 g/mol. The van der Waals surface area contributed by atoms with Crippen LogP contribution in [-0.2, 0) is 4.79 Å². The van der Waals surface area contributed by atoms with Gasteiger partial charge in [0, 0.05) is 19.0 Å². The van der Waals surface area contributed by atoms with Gasteiger partial charge in [-0.25, -0.2) is 9.18 Å². The van der Waals surface area contributed by atoms with E-state index in [9.17, 15) is 14.0 Å². The van der Waals surface area contributed by atoms with Gasteiger partial charge in [-0.15, -0.1) is 0 Å². The molecule has 0 saturated carbocycles. The van der Waals surface area contributed by atoms with Crippen LogP contribution in [0.1, 0.15) is 16.8 Å². The Morgan fingerprint density at radius 1 is 1.53 bits per heavy atom. The van der Waals surface area contributed by atoms with E-state index in [1.165, 1.54) is 17.0 Å². The summed E-state index contributed by atoms with van der Waals surface area (Å²) in [5.41, 5.74) is 5.53. The van der Waals surface area contributed by atoms with Gasteiger partial charge < -0.3 is 15.7 Å². The van der Waals surface area contributed by atoms with E-state index in [2.05, 4.69) is 0 Å². The summed E-state index contributed by atoms with van der Waals surface area (Å²) >= 11 is 0. The molecule has 0 spiro atoms. The molecule has 0 aliphatic carbocycles. The summed E-state index contributed by atoms with van der Waals surface area (Å²) in [5, 5.41) is 8.69. The highest BCUT2D eigenvalue weighted by molar-refractivity contribution is 5.97. The summed E-state index contributed by atoms with van der Waals surface area (Å²) in [4.78, 5) is 23.4. The second-order valence-electron chi connectivity index (χ2n) is 3.94. The Balaban J connectivity index is 2.34. The molecule has 5 nitrogen and oxygen atoms in total. The Hall–Kier alpha value is -1.95. The van der Waals surface area contributed by atoms with Crippen molar-refractivity contribution in [3.63, 3.8) is 0 Å². The molecule has 0 radical (unpaired) electrons. The van der Waals surface area contributed by atoms with E-state index in [-0.39, 0.29) is 36.2 Å². The first kappa shape index (κ1) is 11.5. The van der Waals surface area contributed by atoms with Gasteiger partial charge in [0.1, 0.15) is 5.82 Å². The number of carboxylic acid groups (broad SMARTS) is 1. The minimum Gasteiger partial charge on any atom is -0.478 e. The quantitative estimate of drug-likeness (QED) is 0.789. The maximum atomic E-state index is 13.7. The van der Waals surface area contributed by atoms with E-state index in [1.54, 1.807) is 0 Å². The van der Waals surface area contributed by atoms with E-state index in [4.69, 9.17) is 10.8 Å². The third-order valence-corrected chi connectivity index (χ3v) is 2.64. The maximum absolute atomic E-state index is 13.7. The smallest absolute Gasteiger partial charge is 0.335 e. The van der Waals surface area contributed by atoms with Crippen molar-refractivity contribution in [2.24, 2.45) is 5.73 Å². The molecule has 1 atom stereocenters. The van der Waals surface area contributed by atoms with Crippen molar-refractivity contribution in [2.75, 3.05) is 11.4 Å². The zero-order valence-corrected chi connectivity index (χ0v) is 8.89. The SMILES string of the molecule is NC1CC(=O)N(c2ccc(C(=O)O)cc2F)C1. The van der Waals surface area contributed by atoms with E-state index >= 15 is 0 Å². The molecular formula is C11H11FN2O3. The molecule has 1 unspecified atom stereocenters. The number of halogens is 1. The van der Waals surface area contributed by atoms with Crippen molar-refractivity contribution in [3.05, 3.63) is 29.6 Å². The van der Waals surface area contributed by atoms with E-state index in [0.717, 1.165) is 6.07 Å². The molecule has 0 aromatic heterocycles. The van der Waals surface area contributed by atoms with Crippen molar-refractivity contribution in [3.8, 4) is 0 Å². The van der Waals surface area contributed by atoms with Crippen LogP contribution in [0, 0.1) is 5.82 Å². The zero-order valence-electron chi connectivity index (χ0n) is 8.89. The van der Waals surface area contributed by atoms with Crippen molar-refractivity contribution in [1.82, 2.24) is 0 Å². The molecule has 1 aromatic carbocycles. The molecule has 3 N–H and O–H groups in total. The number of aromatic carboxylic acids is 1. The number of hydrogen-bond acceptors (Lipinski definition) is 3. The number of carbonyl (C=O) groups excluding carboxylic acids is 1. The van der Waals surface area contributed by atoms with Crippen LogP contribution >= 0.6 is 0 Å². The summed E-state index contributed by atoms with van der Waals surface area (Å²) in [5.74, 6) is -2.19. The van der Waals surface area contributed by atoms with E-state index in [1.807, 2.05) is 0 Å². The number of hydrogen-bond donors (Lipinski definition) is 2. The van der Waals surface area contributed by atoms with Gasteiger partial charge in [-0.1, -0.05) is 0 Å². The molecule has 1 aliphatic rings. The van der Waals surface area contributed by atoms with Crippen LogP contribution < -0.4 is 10.6 Å². The van der Waals surface area contributed by atoms with Crippen LogP contribution in [0.15, 0.2) is 18.2 Å². The predicted octanol–water partition coefficient (Wildman–Crippen LogP) is 0.588. The van der Waals surface area contributed by atoms with Gasteiger partial charge in [-0.2, -0.15) is 0 Å². The fraction of sp³-hybridized carbons (Fsp3) is 0.273. The number of benzene rings is 1. The van der Waals surface area contributed by atoms with Crippen LogP contribution in [0.5, 0.6) is 0 Å². The first-order valence-electron chi connectivity index (χ1n) is 5.08. The Morgan fingerprint density at radius 2 is 2.24 bits per heavy atom. The average Bonchev–Trinajstić information content (AvgIpc) is 2.57. The lowest BCUT2D eigenvalue weighted by Gasteiger charge is -2.16. The monoisotopic (exact) mass is 238 g/mol. The minimum atomic E-state index is -1.21. The highest BCUT2D eigenvalue weighted by Crippen LogP contribution is 2.24. The van der Waals surface area contributed by atoms with Gasteiger partial charge in [0.05, 0.1) is 11.3 Å². The number of anilines is 1. The predicted molar refractivity (Wildman–Crippen MR) is 58.3 cm³/mol. The number of carboxylic acids is 1. The number of rotatable bonds is 2. The molecule has 1 aromatic rings. The van der Waals surface area contributed by atoms with Crippen LogP contribution in [0.2, 0.25) is 0 Å². The van der Waals surface area contributed by atoms with Gasteiger partial charge >= 0.3 is 5.97 Å². The van der Waals surface area contributed by atoms with Crippen molar-refractivity contribution in [2.45, 2.75) is 12.5 Å². The molecule has 1 heterocycles. The van der Waals surface area contributed by atoms with Crippen LogP contribution in [0.25, 0.3) is 0 Å². The fourth-order valence-corrected chi connectivity index (χ4v) is 1.83. The van der Waals surface area contributed by atoms with Gasteiger partial charge in [0.2, 0.25) is 5.91 Å². The lowest BCUT2D eigenvalue weighted by molar-refractivity contribution is -0.117. The normalized spacial score (nSPS) is 19.8. The second kappa shape index (κ2) is 4.14. The van der Waals surface area contributed by atoms with Crippen molar-refractivity contribution < 1.29 is 19.1 Å². The first-order chi connectivity index (χ1) is 7.99. The molecule has 17 heavy (non-hydrogen) atoms. The van der Waals surface area contributed by atoms with Crippen LogP contribution in [0.3, 0.4) is 0 Å². The Labute approximate surface area is 96.6 Å².